The molecule has 1 aliphatic rings. The van der Waals surface area contributed by atoms with Gasteiger partial charge in [0.25, 0.3) is 0 Å². The first-order valence-electron chi connectivity index (χ1n) is 9.07. The van der Waals surface area contributed by atoms with Crippen LogP contribution in [0.4, 0.5) is 5.69 Å². The first kappa shape index (κ1) is 17.7. The summed E-state index contributed by atoms with van der Waals surface area (Å²) >= 11 is 0. The summed E-state index contributed by atoms with van der Waals surface area (Å²) in [4.78, 5) is 15.0. The third-order valence-electron chi connectivity index (χ3n) is 5.06. The van der Waals surface area contributed by atoms with Crippen LogP contribution >= 0.6 is 0 Å². The van der Waals surface area contributed by atoms with E-state index in [1.165, 1.54) is 16.7 Å². The maximum atomic E-state index is 13.0. The highest BCUT2D eigenvalue weighted by Crippen LogP contribution is 2.43. The van der Waals surface area contributed by atoms with Gasteiger partial charge in [0, 0.05) is 17.8 Å². The summed E-state index contributed by atoms with van der Waals surface area (Å²) in [5.74, 6) is 0.601. The third-order valence-corrected chi connectivity index (χ3v) is 5.06. The van der Waals surface area contributed by atoms with Crippen LogP contribution in [0.25, 0.3) is 0 Å². The second-order valence-corrected chi connectivity index (χ2v) is 7.80. The number of aryl methyl sites for hydroxylation is 1. The van der Waals surface area contributed by atoms with E-state index in [9.17, 15) is 4.79 Å². The smallest absolute Gasteiger partial charge is 0.241 e. The molecule has 0 unspecified atom stereocenters. The number of benzene rings is 2. The van der Waals surface area contributed by atoms with Gasteiger partial charge in [-0.1, -0.05) is 55.0 Å². The lowest BCUT2D eigenvalue weighted by atomic mass is 9.79. The predicted octanol–water partition coefficient (Wildman–Crippen LogP) is 4.40. The van der Waals surface area contributed by atoms with Gasteiger partial charge in [0.2, 0.25) is 5.91 Å². The molecule has 3 rings (SSSR count). The van der Waals surface area contributed by atoms with E-state index in [0.717, 1.165) is 12.1 Å². The van der Waals surface area contributed by atoms with Gasteiger partial charge in [-0.3, -0.25) is 4.79 Å². The Hall–Kier alpha value is -2.13. The van der Waals surface area contributed by atoms with Gasteiger partial charge in [-0.15, -0.1) is 0 Å². The number of nitrogens with zero attached hydrogens (tertiary/aromatic N) is 1. The summed E-state index contributed by atoms with van der Waals surface area (Å²) in [5, 5.41) is 3.30. The summed E-state index contributed by atoms with van der Waals surface area (Å²) < 4.78 is 0. The molecule has 3 heteroatoms. The Morgan fingerprint density at radius 3 is 2.64 bits per heavy atom. The van der Waals surface area contributed by atoms with Crippen molar-refractivity contribution in [2.45, 2.75) is 52.1 Å². The average molecular weight is 336 g/mol. The van der Waals surface area contributed by atoms with Crippen LogP contribution in [0.15, 0.2) is 48.5 Å². The molecule has 0 spiro atoms. The van der Waals surface area contributed by atoms with E-state index in [4.69, 9.17) is 0 Å². The number of anilines is 1. The quantitative estimate of drug-likeness (QED) is 0.897. The lowest BCUT2D eigenvalue weighted by molar-refractivity contribution is -0.119. The first-order chi connectivity index (χ1) is 11.9. The number of rotatable bonds is 4. The van der Waals surface area contributed by atoms with Crippen molar-refractivity contribution in [3.63, 3.8) is 0 Å². The molecule has 1 atom stereocenters. The number of amides is 1. The van der Waals surface area contributed by atoms with Gasteiger partial charge in [0.15, 0.2) is 0 Å². The maximum absolute atomic E-state index is 13.0. The second-order valence-electron chi connectivity index (χ2n) is 7.80. The van der Waals surface area contributed by atoms with Crippen LogP contribution in [0, 0.1) is 6.92 Å². The van der Waals surface area contributed by atoms with Crippen LogP contribution in [0.3, 0.4) is 0 Å². The van der Waals surface area contributed by atoms with Gasteiger partial charge in [-0.2, -0.15) is 0 Å². The Morgan fingerprint density at radius 1 is 1.20 bits per heavy atom. The van der Waals surface area contributed by atoms with E-state index in [1.807, 2.05) is 23.1 Å². The van der Waals surface area contributed by atoms with Crippen LogP contribution in [-0.2, 0) is 11.3 Å². The Kier molecular flexibility index (Phi) is 4.96. The fourth-order valence-corrected chi connectivity index (χ4v) is 4.01. The van der Waals surface area contributed by atoms with Gasteiger partial charge in [-0.05, 0) is 50.3 Å². The van der Waals surface area contributed by atoms with Crippen LogP contribution in [0.2, 0.25) is 0 Å². The molecule has 1 amide bonds. The van der Waals surface area contributed by atoms with E-state index in [0.29, 0.717) is 19.0 Å². The normalized spacial score (nSPS) is 18.7. The lowest BCUT2D eigenvalue weighted by Gasteiger charge is -2.46. The van der Waals surface area contributed by atoms with Gasteiger partial charge >= 0.3 is 0 Å². The van der Waals surface area contributed by atoms with Crippen LogP contribution in [0.5, 0.6) is 0 Å². The summed E-state index contributed by atoms with van der Waals surface area (Å²) in [7, 11) is 0. The van der Waals surface area contributed by atoms with Crippen molar-refractivity contribution in [1.29, 1.82) is 0 Å². The molecule has 1 aliphatic heterocycles. The average Bonchev–Trinajstić information content (AvgIpc) is 2.56. The van der Waals surface area contributed by atoms with E-state index in [1.54, 1.807) is 0 Å². The highest BCUT2D eigenvalue weighted by atomic mass is 16.2. The molecule has 25 heavy (non-hydrogen) atoms. The Balaban J connectivity index is 1.77. The van der Waals surface area contributed by atoms with Gasteiger partial charge in [0.05, 0.1) is 6.54 Å². The summed E-state index contributed by atoms with van der Waals surface area (Å²) in [6.07, 6.45) is 0.980. The molecule has 2 aromatic rings. The maximum Gasteiger partial charge on any atom is 0.241 e. The number of carbonyl (C=O) groups excluding carboxylic acids is 1. The van der Waals surface area contributed by atoms with E-state index in [2.05, 4.69) is 63.3 Å². The molecular formula is C22H28N2O. The van der Waals surface area contributed by atoms with Gasteiger partial charge in [-0.25, -0.2) is 0 Å². The number of hydrogen-bond donors (Lipinski definition) is 1. The molecule has 132 valence electrons. The second kappa shape index (κ2) is 7.01. The number of carbonyl (C=O) groups is 1. The molecule has 0 saturated heterocycles. The fraction of sp³-hybridized carbons (Fsp3) is 0.409. The van der Waals surface area contributed by atoms with Crippen molar-refractivity contribution in [3.05, 3.63) is 65.2 Å². The highest BCUT2D eigenvalue weighted by Gasteiger charge is 2.39. The molecule has 0 aromatic heterocycles. The monoisotopic (exact) mass is 336 g/mol. The highest BCUT2D eigenvalue weighted by molar-refractivity contribution is 5.97. The van der Waals surface area contributed by atoms with Crippen molar-refractivity contribution < 1.29 is 4.79 Å². The molecule has 1 N–H and O–H groups in total. The molecule has 0 saturated carbocycles. The molecule has 0 bridgehead atoms. The Bertz CT molecular complexity index is 752. The fourth-order valence-electron chi connectivity index (χ4n) is 4.01. The number of nitrogens with one attached hydrogen (secondary N) is 1. The van der Waals surface area contributed by atoms with Crippen LogP contribution in [0.1, 0.15) is 49.8 Å². The van der Waals surface area contributed by atoms with E-state index in [-0.39, 0.29) is 11.4 Å². The number of hydrogen-bond acceptors (Lipinski definition) is 2. The molecule has 1 heterocycles. The summed E-state index contributed by atoms with van der Waals surface area (Å²) in [5.41, 5.74) is 4.63. The minimum absolute atomic E-state index is 0.137. The first-order valence-corrected chi connectivity index (χ1v) is 9.07. The standard InChI is InChI=1S/C22H28N2O/c1-16-10-11-20-19(12-16)17(2)13-22(3,4)24(20)21(25)15-23-14-18-8-6-5-7-9-18/h5-12,17,23H,13-15H2,1-4H3/t17-/m1/s1. The summed E-state index contributed by atoms with van der Waals surface area (Å²) in [6, 6.07) is 16.6. The van der Waals surface area contributed by atoms with Crippen molar-refractivity contribution in [1.82, 2.24) is 5.32 Å². The zero-order valence-electron chi connectivity index (χ0n) is 15.7. The van der Waals surface area contributed by atoms with Crippen LogP contribution in [-0.4, -0.2) is 18.0 Å². The van der Waals surface area contributed by atoms with Crippen molar-refractivity contribution in [3.8, 4) is 0 Å². The van der Waals surface area contributed by atoms with Crippen molar-refractivity contribution in [2.24, 2.45) is 0 Å². The SMILES string of the molecule is Cc1ccc2c(c1)[C@H](C)CC(C)(C)N2C(=O)CNCc1ccccc1. The molecule has 3 nitrogen and oxygen atoms in total. The predicted molar refractivity (Wildman–Crippen MR) is 104 cm³/mol. The van der Waals surface area contributed by atoms with Crippen LogP contribution < -0.4 is 10.2 Å². The lowest BCUT2D eigenvalue weighted by Crippen LogP contribution is -2.54. The van der Waals surface area contributed by atoms with Gasteiger partial charge < -0.3 is 10.2 Å². The minimum Gasteiger partial charge on any atom is -0.305 e. The molecular weight excluding hydrogens is 308 g/mol. The van der Waals surface area contributed by atoms with Gasteiger partial charge in [0.1, 0.15) is 0 Å². The minimum atomic E-state index is -0.173. The zero-order valence-corrected chi connectivity index (χ0v) is 15.7. The molecule has 0 fully saturated rings. The molecule has 2 aromatic carbocycles. The van der Waals surface area contributed by atoms with Crippen molar-refractivity contribution >= 4 is 11.6 Å². The van der Waals surface area contributed by atoms with E-state index >= 15 is 0 Å². The molecule has 0 aliphatic carbocycles. The van der Waals surface area contributed by atoms with E-state index < -0.39 is 0 Å². The molecule has 0 radical (unpaired) electrons. The topological polar surface area (TPSA) is 32.3 Å². The Labute approximate surface area is 151 Å². The van der Waals surface area contributed by atoms with Crippen molar-refractivity contribution in [2.75, 3.05) is 11.4 Å². The zero-order chi connectivity index (χ0) is 18.0. The largest absolute Gasteiger partial charge is 0.305 e. The summed E-state index contributed by atoms with van der Waals surface area (Å²) in [6.45, 7) is 9.76. The number of fused-ring (bicyclic) bond motifs is 1. The Morgan fingerprint density at radius 2 is 1.92 bits per heavy atom. The third kappa shape index (κ3) is 3.77.